The van der Waals surface area contributed by atoms with Crippen LogP contribution in [0.5, 0.6) is 0 Å². The lowest BCUT2D eigenvalue weighted by atomic mass is 10.3. The van der Waals surface area contributed by atoms with Crippen LogP contribution in [0.1, 0.15) is 0 Å². The molecule has 6 heteroatoms. The number of aromatic nitrogens is 2. The molecule has 0 aliphatic carbocycles. The van der Waals surface area contributed by atoms with Gasteiger partial charge in [0.05, 0.1) is 11.5 Å². The lowest BCUT2D eigenvalue weighted by molar-refractivity contribution is 0.311. The van der Waals surface area contributed by atoms with Gasteiger partial charge in [-0.3, -0.25) is 0 Å². The van der Waals surface area contributed by atoms with Crippen LogP contribution in [0.4, 0.5) is 5.82 Å². The van der Waals surface area contributed by atoms with Gasteiger partial charge in [-0.25, -0.2) is 0 Å². The minimum atomic E-state index is 0.0846. The zero-order valence-corrected chi connectivity index (χ0v) is 10.8. The van der Waals surface area contributed by atoms with Crippen LogP contribution in [0, 0.1) is 0 Å². The molecule has 0 bridgehead atoms. The van der Waals surface area contributed by atoms with Crippen molar-refractivity contribution in [3.63, 3.8) is 0 Å². The molecule has 0 aliphatic rings. The molecule has 84 valence electrons. The maximum absolute atomic E-state index is 8.65. The fourth-order valence-electron chi connectivity index (χ4n) is 1.19. The number of hydrogen-bond donors (Lipinski definition) is 2. The number of halogens is 1. The van der Waals surface area contributed by atoms with Gasteiger partial charge in [0.1, 0.15) is 11.5 Å². The summed E-state index contributed by atoms with van der Waals surface area (Å²) in [6, 6.07) is 5.77. The van der Waals surface area contributed by atoms with Crippen LogP contribution in [-0.2, 0) is 0 Å². The van der Waals surface area contributed by atoms with Gasteiger partial charge in [-0.15, -0.1) is 21.5 Å². The number of nitrogens with zero attached hydrogens (tertiary/aromatic N) is 2. The van der Waals surface area contributed by atoms with Crippen molar-refractivity contribution in [3.8, 4) is 10.6 Å². The highest BCUT2D eigenvalue weighted by atomic mass is 79.9. The summed E-state index contributed by atoms with van der Waals surface area (Å²) in [6.45, 7) is 0.569. The Bertz CT molecular complexity index is 457. The molecule has 0 radical (unpaired) electrons. The summed E-state index contributed by atoms with van der Waals surface area (Å²) < 4.78 is 1.05. The predicted octanol–water partition coefficient (Wildman–Crippen LogP) is 2.37. The van der Waals surface area contributed by atoms with E-state index < -0.39 is 0 Å². The Morgan fingerprint density at radius 3 is 2.81 bits per heavy atom. The molecular weight excluding hydrogens is 290 g/mol. The van der Waals surface area contributed by atoms with Gasteiger partial charge in [0, 0.05) is 16.4 Å². The second-order valence-corrected chi connectivity index (χ2v) is 4.91. The first-order valence-corrected chi connectivity index (χ1v) is 6.40. The Balaban J connectivity index is 2.13. The van der Waals surface area contributed by atoms with Crippen LogP contribution in [0.15, 0.2) is 28.1 Å². The first-order valence-electron chi connectivity index (χ1n) is 4.72. The van der Waals surface area contributed by atoms with E-state index in [1.54, 1.807) is 11.3 Å². The van der Waals surface area contributed by atoms with Gasteiger partial charge in [-0.05, 0) is 34.1 Å². The predicted molar refractivity (Wildman–Crippen MR) is 68.6 cm³/mol. The highest BCUT2D eigenvalue weighted by Gasteiger charge is 2.03. The van der Waals surface area contributed by atoms with Crippen molar-refractivity contribution < 1.29 is 5.11 Å². The van der Waals surface area contributed by atoms with E-state index in [0.717, 1.165) is 15.0 Å². The molecule has 0 saturated carbocycles. The van der Waals surface area contributed by atoms with Gasteiger partial charge in [-0.1, -0.05) is 0 Å². The molecule has 16 heavy (non-hydrogen) atoms. The minimum Gasteiger partial charge on any atom is -0.395 e. The van der Waals surface area contributed by atoms with Gasteiger partial charge in [-0.2, -0.15) is 0 Å². The molecule has 0 aliphatic heterocycles. The van der Waals surface area contributed by atoms with E-state index in [9.17, 15) is 0 Å². The summed E-state index contributed by atoms with van der Waals surface area (Å²) in [5.41, 5.74) is 0.852. The number of thiophene rings is 1. The second kappa shape index (κ2) is 5.38. The van der Waals surface area contributed by atoms with Crippen molar-refractivity contribution in [2.45, 2.75) is 0 Å². The molecule has 0 atom stereocenters. The molecule has 0 spiro atoms. The zero-order valence-electron chi connectivity index (χ0n) is 8.35. The van der Waals surface area contributed by atoms with Crippen molar-refractivity contribution in [1.82, 2.24) is 10.2 Å². The second-order valence-electron chi connectivity index (χ2n) is 3.08. The number of aliphatic hydroxyl groups is 1. The van der Waals surface area contributed by atoms with E-state index >= 15 is 0 Å². The summed E-state index contributed by atoms with van der Waals surface area (Å²) >= 11 is 5.02. The van der Waals surface area contributed by atoms with Crippen LogP contribution >= 0.6 is 27.3 Å². The number of nitrogens with one attached hydrogen (secondary N) is 1. The lowest BCUT2D eigenvalue weighted by Crippen LogP contribution is -2.07. The first-order chi connectivity index (χ1) is 7.79. The maximum atomic E-state index is 8.65. The molecule has 4 nitrogen and oxygen atoms in total. The Morgan fingerprint density at radius 1 is 1.38 bits per heavy atom. The molecule has 2 heterocycles. The highest BCUT2D eigenvalue weighted by molar-refractivity contribution is 9.10. The SMILES string of the molecule is OCCNc1ccc(-c2cc(Br)cs2)nn1. The number of hydrogen-bond acceptors (Lipinski definition) is 5. The zero-order chi connectivity index (χ0) is 11.4. The van der Waals surface area contributed by atoms with Crippen LogP contribution in [-0.4, -0.2) is 28.5 Å². The van der Waals surface area contributed by atoms with Crippen molar-refractivity contribution in [1.29, 1.82) is 0 Å². The van der Waals surface area contributed by atoms with E-state index in [4.69, 9.17) is 5.11 Å². The Hall–Kier alpha value is -0.980. The smallest absolute Gasteiger partial charge is 0.148 e. The van der Waals surface area contributed by atoms with Gasteiger partial charge in [0.2, 0.25) is 0 Å². The van der Waals surface area contributed by atoms with E-state index in [0.29, 0.717) is 12.4 Å². The van der Waals surface area contributed by atoms with Gasteiger partial charge in [0.15, 0.2) is 0 Å². The van der Waals surface area contributed by atoms with E-state index in [2.05, 4.69) is 31.4 Å². The Morgan fingerprint density at radius 2 is 2.25 bits per heavy atom. The molecule has 0 aromatic carbocycles. The Labute approximate surface area is 105 Å². The molecule has 2 N–H and O–H groups in total. The van der Waals surface area contributed by atoms with Gasteiger partial charge < -0.3 is 10.4 Å². The Kier molecular flexibility index (Phi) is 3.87. The fraction of sp³-hybridized carbons (Fsp3) is 0.200. The molecule has 2 aromatic heterocycles. The number of aliphatic hydroxyl groups excluding tert-OH is 1. The average Bonchev–Trinajstić information content (AvgIpc) is 2.74. The molecule has 0 saturated heterocycles. The quantitative estimate of drug-likeness (QED) is 0.910. The van der Waals surface area contributed by atoms with E-state index in [1.165, 1.54) is 0 Å². The summed E-state index contributed by atoms with van der Waals surface area (Å²) in [4.78, 5) is 1.08. The van der Waals surface area contributed by atoms with Crippen LogP contribution in [0.25, 0.3) is 10.6 Å². The molecule has 2 rings (SSSR count). The largest absolute Gasteiger partial charge is 0.395 e. The molecule has 0 unspecified atom stereocenters. The van der Waals surface area contributed by atoms with Crippen LogP contribution in [0.3, 0.4) is 0 Å². The fourth-order valence-corrected chi connectivity index (χ4v) is 2.58. The third-order valence-corrected chi connectivity index (χ3v) is 3.62. The highest BCUT2D eigenvalue weighted by Crippen LogP contribution is 2.28. The summed E-state index contributed by atoms with van der Waals surface area (Å²) in [5, 5.41) is 21.7. The maximum Gasteiger partial charge on any atom is 0.148 e. The summed E-state index contributed by atoms with van der Waals surface area (Å²) in [5.74, 6) is 0.674. The average molecular weight is 300 g/mol. The van der Waals surface area contributed by atoms with Crippen LogP contribution < -0.4 is 5.32 Å². The summed E-state index contributed by atoms with van der Waals surface area (Å²) in [7, 11) is 0. The first kappa shape index (κ1) is 11.5. The molecular formula is C10H10BrN3OS. The van der Waals surface area contributed by atoms with Crippen molar-refractivity contribution >= 4 is 33.1 Å². The van der Waals surface area contributed by atoms with Gasteiger partial charge >= 0.3 is 0 Å². The number of rotatable bonds is 4. The number of anilines is 1. The minimum absolute atomic E-state index is 0.0846. The van der Waals surface area contributed by atoms with Crippen molar-refractivity contribution in [2.24, 2.45) is 0 Å². The molecule has 2 aromatic rings. The standard InChI is InChI=1S/C10H10BrN3OS/c11-7-5-9(16-6-7)8-1-2-10(14-13-8)12-3-4-15/h1-2,5-6,15H,3-4H2,(H,12,14). The topological polar surface area (TPSA) is 58.0 Å². The van der Waals surface area contributed by atoms with Crippen molar-refractivity contribution in [3.05, 3.63) is 28.1 Å². The van der Waals surface area contributed by atoms with Crippen LogP contribution in [0.2, 0.25) is 0 Å². The monoisotopic (exact) mass is 299 g/mol. The van der Waals surface area contributed by atoms with Gasteiger partial charge in [0.25, 0.3) is 0 Å². The normalized spacial score (nSPS) is 10.4. The summed E-state index contributed by atoms with van der Waals surface area (Å²) in [6.07, 6.45) is 0. The lowest BCUT2D eigenvalue weighted by Gasteiger charge is -2.02. The van der Waals surface area contributed by atoms with E-state index in [1.807, 2.05) is 23.6 Å². The van der Waals surface area contributed by atoms with Crippen molar-refractivity contribution in [2.75, 3.05) is 18.5 Å². The third-order valence-electron chi connectivity index (χ3n) is 1.90. The third kappa shape index (κ3) is 2.78. The molecule has 0 amide bonds. The van der Waals surface area contributed by atoms with E-state index in [-0.39, 0.29) is 6.61 Å². The molecule has 0 fully saturated rings.